The van der Waals surface area contributed by atoms with Gasteiger partial charge in [0.05, 0.1) is 22.6 Å². The zero-order valence-corrected chi connectivity index (χ0v) is 21.4. The third-order valence-corrected chi connectivity index (χ3v) is 9.18. The monoisotopic (exact) mass is 532 g/mol. The minimum atomic E-state index is -3.67. The average Bonchev–Trinajstić information content (AvgIpc) is 2.75. The van der Waals surface area contributed by atoms with Crippen LogP contribution in [0.25, 0.3) is 0 Å². The number of nitrogens with one attached hydrogen (secondary N) is 1. The van der Waals surface area contributed by atoms with E-state index >= 15 is 0 Å². The highest BCUT2D eigenvalue weighted by Crippen LogP contribution is 2.27. The Labute approximate surface area is 205 Å². The maximum absolute atomic E-state index is 13.0. The van der Waals surface area contributed by atoms with Gasteiger partial charge in [-0.3, -0.25) is 4.79 Å². The summed E-state index contributed by atoms with van der Waals surface area (Å²) in [6, 6.07) is 10.7. The molecule has 180 valence electrons. The van der Waals surface area contributed by atoms with Gasteiger partial charge in [0.25, 0.3) is 0 Å². The van der Waals surface area contributed by atoms with E-state index < -0.39 is 25.8 Å². The Morgan fingerprint density at radius 2 is 1.79 bits per heavy atom. The molecule has 1 saturated heterocycles. The van der Waals surface area contributed by atoms with E-state index in [1.165, 1.54) is 22.5 Å². The lowest BCUT2D eigenvalue weighted by atomic mass is 9.98. The Morgan fingerprint density at radius 1 is 1.12 bits per heavy atom. The molecular formula is C22H26Cl2N2O5S2. The van der Waals surface area contributed by atoms with E-state index in [0.29, 0.717) is 30.0 Å². The lowest BCUT2D eigenvalue weighted by Gasteiger charge is -2.32. The second kappa shape index (κ2) is 10.3. The molecule has 0 aliphatic carbocycles. The Hall–Kier alpha value is -1.65. The molecule has 2 atom stereocenters. The number of carbonyl (C=O) groups excluding carboxylic acids is 1. The average molecular weight is 533 g/mol. The number of nitrogens with zero attached hydrogens (tertiary/aromatic N) is 1. The van der Waals surface area contributed by atoms with E-state index in [4.69, 9.17) is 23.2 Å². The molecule has 33 heavy (non-hydrogen) atoms. The van der Waals surface area contributed by atoms with Crippen LogP contribution in [-0.2, 0) is 30.4 Å². The maximum Gasteiger partial charge on any atom is 0.224 e. The van der Waals surface area contributed by atoms with Crippen LogP contribution < -0.4 is 5.32 Å². The highest BCUT2D eigenvalue weighted by molar-refractivity contribution is 7.90. The summed E-state index contributed by atoms with van der Waals surface area (Å²) in [4.78, 5) is 13.1. The maximum atomic E-state index is 13.0. The number of hydrogen-bond donors (Lipinski definition) is 1. The molecule has 3 rings (SSSR count). The third-order valence-electron chi connectivity index (χ3n) is 5.67. The van der Waals surface area contributed by atoms with Crippen molar-refractivity contribution in [2.24, 2.45) is 5.92 Å². The van der Waals surface area contributed by atoms with E-state index in [-0.39, 0.29) is 34.2 Å². The largest absolute Gasteiger partial charge is 0.349 e. The van der Waals surface area contributed by atoms with Crippen molar-refractivity contribution >= 4 is 49.0 Å². The van der Waals surface area contributed by atoms with Crippen LogP contribution in [0, 0.1) is 5.92 Å². The van der Waals surface area contributed by atoms with Crippen molar-refractivity contribution in [2.45, 2.75) is 36.5 Å². The number of rotatable bonds is 7. The van der Waals surface area contributed by atoms with Crippen LogP contribution in [0.3, 0.4) is 0 Å². The standard InChI is InChI=1S/C22H26Cl2N2O5S2/c1-15(16-6-9-20(10-7-16)32(2,28)29)25-22(27)17-4-3-11-26(13-17)33(30,31)14-18-5-8-19(23)12-21(18)24/h5-10,12,15,17H,3-4,11,13-14H2,1-2H3,(H,25,27)/t15-,17-/m0/s1. The topological polar surface area (TPSA) is 101 Å². The van der Waals surface area contributed by atoms with Crippen molar-refractivity contribution in [3.05, 3.63) is 63.6 Å². The van der Waals surface area contributed by atoms with E-state index in [9.17, 15) is 21.6 Å². The van der Waals surface area contributed by atoms with Gasteiger partial charge in [0.1, 0.15) is 0 Å². The minimum Gasteiger partial charge on any atom is -0.349 e. The highest BCUT2D eigenvalue weighted by Gasteiger charge is 2.33. The van der Waals surface area contributed by atoms with Gasteiger partial charge in [-0.05, 0) is 55.2 Å². The van der Waals surface area contributed by atoms with Crippen molar-refractivity contribution in [3.8, 4) is 0 Å². The summed E-state index contributed by atoms with van der Waals surface area (Å²) in [6.07, 6.45) is 2.29. The first kappa shape index (κ1) is 26.0. The molecule has 0 unspecified atom stereocenters. The van der Waals surface area contributed by atoms with Gasteiger partial charge in [-0.2, -0.15) is 0 Å². The van der Waals surface area contributed by atoms with Crippen LogP contribution in [-0.4, -0.2) is 46.4 Å². The Morgan fingerprint density at radius 3 is 2.39 bits per heavy atom. The highest BCUT2D eigenvalue weighted by atomic mass is 35.5. The van der Waals surface area contributed by atoms with Crippen LogP contribution >= 0.6 is 23.2 Å². The van der Waals surface area contributed by atoms with Crippen molar-refractivity contribution in [2.75, 3.05) is 19.3 Å². The summed E-state index contributed by atoms with van der Waals surface area (Å²) in [5, 5.41) is 3.63. The van der Waals surface area contributed by atoms with Crippen LogP contribution in [0.5, 0.6) is 0 Å². The molecule has 11 heteroatoms. The van der Waals surface area contributed by atoms with Crippen molar-refractivity contribution in [1.82, 2.24) is 9.62 Å². The predicted octanol–water partition coefficient (Wildman–Crippen LogP) is 3.82. The minimum absolute atomic E-state index is 0.0963. The number of piperidine rings is 1. The Kier molecular flexibility index (Phi) is 8.11. The number of sulfonamides is 1. The van der Waals surface area contributed by atoms with Gasteiger partial charge >= 0.3 is 0 Å². The normalized spacial score (nSPS) is 18.6. The molecule has 1 N–H and O–H groups in total. The zero-order valence-electron chi connectivity index (χ0n) is 18.3. The molecule has 0 radical (unpaired) electrons. The van der Waals surface area contributed by atoms with Gasteiger partial charge in [-0.1, -0.05) is 41.4 Å². The summed E-state index contributed by atoms with van der Waals surface area (Å²) >= 11 is 12.0. The van der Waals surface area contributed by atoms with E-state index in [1.54, 1.807) is 31.2 Å². The fourth-order valence-corrected chi connectivity index (χ4v) is 6.58. The molecule has 0 bridgehead atoms. The summed E-state index contributed by atoms with van der Waals surface area (Å²) in [5.74, 6) is -0.980. The lowest BCUT2D eigenvalue weighted by molar-refractivity contribution is -0.126. The fourth-order valence-electron chi connectivity index (χ4n) is 3.75. The summed E-state index contributed by atoms with van der Waals surface area (Å²) in [7, 11) is -6.97. The number of hydrogen-bond acceptors (Lipinski definition) is 5. The van der Waals surface area contributed by atoms with E-state index in [2.05, 4.69) is 5.32 Å². The molecule has 0 aromatic heterocycles. The summed E-state index contributed by atoms with van der Waals surface area (Å²) in [6.45, 7) is 2.24. The van der Waals surface area contributed by atoms with Gasteiger partial charge in [-0.25, -0.2) is 21.1 Å². The van der Waals surface area contributed by atoms with Crippen molar-refractivity contribution in [3.63, 3.8) is 0 Å². The first-order valence-electron chi connectivity index (χ1n) is 10.4. The zero-order chi connectivity index (χ0) is 24.4. The lowest BCUT2D eigenvalue weighted by Crippen LogP contribution is -2.46. The molecule has 1 aliphatic rings. The third kappa shape index (κ3) is 6.70. The SMILES string of the molecule is C[C@H](NC(=O)[C@H]1CCCN(S(=O)(=O)Cc2ccc(Cl)cc2Cl)C1)c1ccc(S(C)(=O)=O)cc1. The first-order chi connectivity index (χ1) is 15.4. The number of amides is 1. The van der Waals surface area contributed by atoms with Crippen LogP contribution in [0.2, 0.25) is 10.0 Å². The predicted molar refractivity (Wildman–Crippen MR) is 129 cm³/mol. The first-order valence-corrected chi connectivity index (χ1v) is 14.6. The molecule has 7 nitrogen and oxygen atoms in total. The summed E-state index contributed by atoms with van der Waals surface area (Å²) in [5.41, 5.74) is 1.22. The number of benzene rings is 2. The second-order valence-corrected chi connectivity index (χ2v) is 13.1. The molecule has 1 amide bonds. The number of carbonyl (C=O) groups is 1. The number of sulfone groups is 1. The molecule has 1 fully saturated rings. The van der Waals surface area contributed by atoms with Gasteiger partial charge < -0.3 is 5.32 Å². The molecule has 1 aliphatic heterocycles. The van der Waals surface area contributed by atoms with Crippen LogP contribution in [0.1, 0.15) is 36.9 Å². The second-order valence-electron chi connectivity index (χ2n) is 8.26. The fraction of sp³-hybridized carbons (Fsp3) is 0.409. The van der Waals surface area contributed by atoms with Gasteiger partial charge in [0, 0.05) is 29.4 Å². The molecule has 0 saturated carbocycles. The molecule has 2 aromatic rings. The smallest absolute Gasteiger partial charge is 0.224 e. The van der Waals surface area contributed by atoms with Crippen molar-refractivity contribution in [1.29, 1.82) is 0 Å². The van der Waals surface area contributed by atoms with Gasteiger partial charge in [0.15, 0.2) is 9.84 Å². The van der Waals surface area contributed by atoms with Crippen molar-refractivity contribution < 1.29 is 21.6 Å². The number of halogens is 2. The van der Waals surface area contributed by atoms with Crippen LogP contribution in [0.15, 0.2) is 47.4 Å². The van der Waals surface area contributed by atoms with E-state index in [0.717, 1.165) is 11.8 Å². The molecular weight excluding hydrogens is 507 g/mol. The molecule has 0 spiro atoms. The van der Waals surface area contributed by atoms with Crippen LogP contribution in [0.4, 0.5) is 0 Å². The molecule has 1 heterocycles. The Balaban J connectivity index is 1.64. The molecule has 2 aromatic carbocycles. The van der Waals surface area contributed by atoms with E-state index in [1.807, 2.05) is 0 Å². The van der Waals surface area contributed by atoms with Gasteiger partial charge in [-0.15, -0.1) is 0 Å². The van der Waals surface area contributed by atoms with Gasteiger partial charge in [0.2, 0.25) is 15.9 Å². The quantitative estimate of drug-likeness (QED) is 0.584. The Bertz CT molecular complexity index is 1230. The summed E-state index contributed by atoms with van der Waals surface area (Å²) < 4.78 is 50.5.